The Kier molecular flexibility index (Phi) is 7.23. The zero-order valence-electron chi connectivity index (χ0n) is 19.1. The van der Waals surface area contributed by atoms with Crippen LogP contribution in [0.15, 0.2) is 53.4 Å². The fourth-order valence-electron chi connectivity index (χ4n) is 3.98. The van der Waals surface area contributed by atoms with Crippen molar-refractivity contribution >= 4 is 33.2 Å². The van der Waals surface area contributed by atoms with Crippen LogP contribution in [0.25, 0.3) is 11.1 Å². The molecule has 1 aliphatic heterocycles. The van der Waals surface area contributed by atoms with Gasteiger partial charge in [0.2, 0.25) is 13.7 Å². The summed E-state index contributed by atoms with van der Waals surface area (Å²) in [4.78, 5) is 12.9. The maximum atomic E-state index is 13.5. The van der Waals surface area contributed by atoms with Crippen LogP contribution in [-0.4, -0.2) is 35.2 Å². The van der Waals surface area contributed by atoms with Crippen molar-refractivity contribution in [3.63, 3.8) is 0 Å². The first-order chi connectivity index (χ1) is 17.2. The Labute approximate surface area is 211 Å². The molecule has 1 aliphatic rings. The lowest BCUT2D eigenvalue weighted by Crippen LogP contribution is -2.27. The summed E-state index contributed by atoms with van der Waals surface area (Å²) < 4.78 is 68.4. The molecule has 0 spiro atoms. The van der Waals surface area contributed by atoms with Gasteiger partial charge in [-0.25, -0.2) is 17.2 Å². The lowest BCUT2D eigenvalue weighted by molar-refractivity contribution is 0.0936. The number of anilines is 1. The van der Waals surface area contributed by atoms with Crippen molar-refractivity contribution in [2.75, 3.05) is 25.6 Å². The van der Waals surface area contributed by atoms with Crippen LogP contribution in [0.3, 0.4) is 0 Å². The van der Waals surface area contributed by atoms with Gasteiger partial charge in [0.25, 0.3) is 15.9 Å². The van der Waals surface area contributed by atoms with Gasteiger partial charge >= 0.3 is 0 Å². The molecule has 0 aromatic heterocycles. The highest BCUT2D eigenvalue weighted by atomic mass is 35.5. The second-order valence-corrected chi connectivity index (χ2v) is 9.78. The Morgan fingerprint density at radius 1 is 1.06 bits per heavy atom. The van der Waals surface area contributed by atoms with Gasteiger partial charge < -0.3 is 19.5 Å². The number of methoxy groups -OCH3 is 1. The third kappa shape index (κ3) is 4.63. The van der Waals surface area contributed by atoms with Gasteiger partial charge in [0.05, 0.1) is 18.7 Å². The van der Waals surface area contributed by atoms with Gasteiger partial charge in [0.1, 0.15) is 22.1 Å². The van der Waals surface area contributed by atoms with E-state index in [1.54, 1.807) is 37.3 Å². The highest BCUT2D eigenvalue weighted by molar-refractivity contribution is 7.94. The number of alkyl halides is 2. The molecule has 3 aromatic rings. The first-order valence-electron chi connectivity index (χ1n) is 10.6. The van der Waals surface area contributed by atoms with E-state index in [-0.39, 0.29) is 33.2 Å². The van der Waals surface area contributed by atoms with Crippen molar-refractivity contribution in [1.82, 2.24) is 5.32 Å². The van der Waals surface area contributed by atoms with Crippen LogP contribution in [0.1, 0.15) is 28.9 Å². The van der Waals surface area contributed by atoms with Crippen molar-refractivity contribution in [3.05, 3.63) is 64.7 Å². The highest BCUT2D eigenvalue weighted by Crippen LogP contribution is 2.49. The average molecular weight is 539 g/mol. The molecule has 0 saturated carbocycles. The van der Waals surface area contributed by atoms with Crippen molar-refractivity contribution in [1.29, 1.82) is 0 Å². The summed E-state index contributed by atoms with van der Waals surface area (Å²) in [6, 6.07) is 11.5. The molecule has 0 fully saturated rings. The molecule has 36 heavy (non-hydrogen) atoms. The number of para-hydroxylation sites is 1. The summed E-state index contributed by atoms with van der Waals surface area (Å²) in [7, 11) is -2.26. The summed E-state index contributed by atoms with van der Waals surface area (Å²) in [5.74, 6) is -0.172. The van der Waals surface area contributed by atoms with Gasteiger partial charge in [0.15, 0.2) is 5.75 Å². The number of fused-ring (bicyclic) bond motifs is 1. The first kappa shape index (κ1) is 25.5. The summed E-state index contributed by atoms with van der Waals surface area (Å²) in [6.07, 6.45) is 0. The van der Waals surface area contributed by atoms with Crippen LogP contribution >= 0.6 is 11.6 Å². The Morgan fingerprint density at radius 2 is 1.75 bits per heavy atom. The molecule has 2 N–H and O–H groups in total. The van der Waals surface area contributed by atoms with Gasteiger partial charge in [0, 0.05) is 21.7 Å². The van der Waals surface area contributed by atoms with E-state index in [1.165, 1.54) is 25.3 Å². The molecule has 0 radical (unpaired) electrons. The fourth-order valence-corrected chi connectivity index (χ4v) is 5.24. The number of hydrogen-bond donors (Lipinski definition) is 2. The molecular weight excluding hydrogens is 518 g/mol. The van der Waals surface area contributed by atoms with E-state index < -0.39 is 35.7 Å². The van der Waals surface area contributed by atoms with Crippen LogP contribution in [0.5, 0.6) is 17.2 Å². The topological polar surface area (TPSA) is 103 Å². The van der Waals surface area contributed by atoms with Gasteiger partial charge in [-0.15, -0.1) is 0 Å². The molecular formula is C24H21ClF2N2O6S. The summed E-state index contributed by atoms with van der Waals surface area (Å²) >= 11 is 6.03. The van der Waals surface area contributed by atoms with E-state index >= 15 is 0 Å². The molecule has 8 nitrogen and oxygen atoms in total. The average Bonchev–Trinajstić information content (AvgIpc) is 2.84. The molecule has 1 amide bonds. The molecule has 0 saturated heterocycles. The minimum absolute atomic E-state index is 0.0464. The molecule has 1 unspecified atom stereocenters. The Balaban J connectivity index is 1.75. The zero-order chi connectivity index (χ0) is 26.0. The molecule has 4 rings (SSSR count). The second-order valence-electron chi connectivity index (χ2n) is 7.69. The third-order valence-corrected chi connectivity index (χ3v) is 7.23. The molecule has 1 heterocycles. The quantitative estimate of drug-likeness (QED) is 0.386. The minimum atomic E-state index is -3.68. The summed E-state index contributed by atoms with van der Waals surface area (Å²) in [5, 5.41) is 3.15. The number of halogens is 3. The van der Waals surface area contributed by atoms with Gasteiger partial charge in [-0.05, 0) is 37.3 Å². The Bertz CT molecular complexity index is 1430. The van der Waals surface area contributed by atoms with E-state index in [9.17, 15) is 22.0 Å². The zero-order valence-corrected chi connectivity index (χ0v) is 20.7. The number of nitrogens with one attached hydrogen (secondary N) is 2. The van der Waals surface area contributed by atoms with Crippen LogP contribution < -0.4 is 24.2 Å². The monoisotopic (exact) mass is 538 g/mol. The number of rotatable bonds is 9. The largest absolute Gasteiger partial charge is 0.496 e. The predicted octanol–water partition coefficient (Wildman–Crippen LogP) is 5.23. The third-order valence-electron chi connectivity index (χ3n) is 5.60. The van der Waals surface area contributed by atoms with Crippen LogP contribution in [-0.2, 0) is 10.0 Å². The number of amides is 1. The van der Waals surface area contributed by atoms with Crippen LogP contribution in [0.2, 0.25) is 5.02 Å². The Hall–Kier alpha value is -3.57. The van der Waals surface area contributed by atoms with Crippen LogP contribution in [0.4, 0.5) is 14.5 Å². The summed E-state index contributed by atoms with van der Waals surface area (Å²) in [5.41, 5.74) is 1.29. The number of benzene rings is 3. The van der Waals surface area contributed by atoms with E-state index in [1.807, 2.05) is 0 Å². The predicted molar refractivity (Wildman–Crippen MR) is 130 cm³/mol. The maximum Gasteiger partial charge on any atom is 0.264 e. The van der Waals surface area contributed by atoms with Crippen molar-refractivity contribution in [3.8, 4) is 28.4 Å². The number of hydrogen-bond acceptors (Lipinski definition) is 6. The normalized spacial score (nSPS) is 14.0. The highest BCUT2D eigenvalue weighted by Gasteiger charge is 2.35. The first-order valence-corrected chi connectivity index (χ1v) is 12.4. The van der Waals surface area contributed by atoms with Crippen molar-refractivity contribution in [2.45, 2.75) is 17.9 Å². The number of sulfonamides is 1. The lowest BCUT2D eigenvalue weighted by atomic mass is 9.96. The molecule has 190 valence electrons. The SMILES string of the molecule is COc1ccc(Cl)cc1C(=O)NC(C)c1cccc(-c2ccc3c(c2OCF)NS3(=O)=O)c1OCF. The fraction of sp³-hybridized carbons (Fsp3) is 0.208. The van der Waals surface area contributed by atoms with E-state index in [2.05, 4.69) is 10.0 Å². The standard InChI is InChI=1S/C24H21ClF2N2O6S/c1-13(28-24(30)18-10-14(25)6-8-19(18)33-2)15-4-3-5-16(22(15)34-11-26)17-7-9-20-21(23(17)35-12-27)29-36(20,31)32/h3-10,13,29H,11-12H2,1-2H3,(H,28,30). The van der Waals surface area contributed by atoms with Crippen LogP contribution in [0, 0.1) is 0 Å². The molecule has 0 bridgehead atoms. The van der Waals surface area contributed by atoms with Crippen molar-refractivity contribution < 1.29 is 36.2 Å². The number of ether oxygens (including phenoxy) is 3. The van der Waals surface area contributed by atoms with E-state index in [4.69, 9.17) is 25.8 Å². The van der Waals surface area contributed by atoms with E-state index in [0.717, 1.165) is 0 Å². The minimum Gasteiger partial charge on any atom is -0.496 e. The lowest BCUT2D eigenvalue weighted by Gasteiger charge is -2.27. The van der Waals surface area contributed by atoms with Gasteiger partial charge in [-0.1, -0.05) is 29.8 Å². The number of carbonyl (C=O) groups is 1. The van der Waals surface area contributed by atoms with Gasteiger partial charge in [-0.2, -0.15) is 0 Å². The summed E-state index contributed by atoms with van der Waals surface area (Å²) in [6.45, 7) is -0.744. The van der Waals surface area contributed by atoms with Gasteiger partial charge in [-0.3, -0.25) is 9.52 Å². The molecule has 3 aromatic carbocycles. The van der Waals surface area contributed by atoms with E-state index in [0.29, 0.717) is 21.9 Å². The molecule has 1 atom stereocenters. The smallest absolute Gasteiger partial charge is 0.264 e. The van der Waals surface area contributed by atoms with Crippen molar-refractivity contribution in [2.24, 2.45) is 0 Å². The molecule has 12 heteroatoms. The maximum absolute atomic E-state index is 13.5. The molecule has 0 aliphatic carbocycles. The second kappa shape index (κ2) is 10.2. The Morgan fingerprint density at radius 3 is 2.42 bits per heavy atom. The number of carbonyl (C=O) groups excluding carboxylic acids is 1.